The normalized spacial score (nSPS) is 13.2. The van der Waals surface area contributed by atoms with Crippen molar-refractivity contribution in [3.05, 3.63) is 87.9 Å². The highest BCUT2D eigenvalue weighted by molar-refractivity contribution is 5.95. The lowest BCUT2D eigenvalue weighted by Crippen LogP contribution is -2.19. The molecule has 188 valence electrons. The minimum atomic E-state index is -0.720. The largest absolute Gasteiger partial charge is 0.463 e. The Balaban J connectivity index is 1.62. The van der Waals surface area contributed by atoms with Gasteiger partial charge in [-0.05, 0) is 48.0 Å². The van der Waals surface area contributed by atoms with E-state index in [0.29, 0.717) is 28.1 Å². The van der Waals surface area contributed by atoms with Gasteiger partial charge in [-0.3, -0.25) is 15.2 Å². The molecule has 0 amide bonds. The summed E-state index contributed by atoms with van der Waals surface area (Å²) in [5, 5.41) is 15.4. The first kappa shape index (κ1) is 23.7. The molecule has 37 heavy (non-hydrogen) atoms. The maximum atomic E-state index is 12.8. The van der Waals surface area contributed by atoms with E-state index in [-0.39, 0.29) is 36.8 Å². The number of aromatic amines is 1. The third-order valence-corrected chi connectivity index (χ3v) is 5.44. The molecule has 3 heterocycles. The number of nitrogens with one attached hydrogen (secondary N) is 3. The van der Waals surface area contributed by atoms with Gasteiger partial charge in [0.1, 0.15) is 11.9 Å². The lowest BCUT2D eigenvalue weighted by Gasteiger charge is -2.24. The van der Waals surface area contributed by atoms with Crippen LogP contribution in [0, 0.1) is 5.41 Å². The molecule has 13 nitrogen and oxygen atoms in total. The monoisotopic (exact) mass is 502 g/mol. The molecule has 0 spiro atoms. The van der Waals surface area contributed by atoms with Crippen molar-refractivity contribution in [2.75, 3.05) is 12.1 Å². The number of hydrogen-bond donors (Lipinski definition) is 4. The van der Waals surface area contributed by atoms with Gasteiger partial charge in [-0.2, -0.15) is 0 Å². The minimum Gasteiger partial charge on any atom is -0.463 e. The van der Waals surface area contributed by atoms with Crippen LogP contribution in [0.15, 0.2) is 59.7 Å². The lowest BCUT2D eigenvalue weighted by atomic mass is 10.0. The summed E-state index contributed by atoms with van der Waals surface area (Å²) >= 11 is 0. The number of nitrogens with zero attached hydrogens (tertiary/aromatic N) is 4. The molecule has 1 atom stereocenters. The third-order valence-electron chi connectivity index (χ3n) is 5.44. The maximum Gasteiger partial charge on any atom is 0.350 e. The Morgan fingerprint density at radius 3 is 2.70 bits per heavy atom. The number of esters is 1. The van der Waals surface area contributed by atoms with E-state index in [4.69, 9.17) is 25.4 Å². The van der Waals surface area contributed by atoms with Crippen LogP contribution >= 0.6 is 0 Å². The number of fused-ring (bicyclic) bond motifs is 1. The summed E-state index contributed by atoms with van der Waals surface area (Å²) in [6.07, 6.45) is 3.01. The van der Waals surface area contributed by atoms with Crippen LogP contribution in [0.3, 0.4) is 0 Å². The molecule has 1 aliphatic rings. The molecule has 0 fully saturated rings. The predicted molar refractivity (Wildman–Crippen MR) is 131 cm³/mol. The molecule has 2 aromatic carbocycles. The van der Waals surface area contributed by atoms with E-state index in [1.807, 2.05) is 6.07 Å². The Hall–Kier alpha value is -5.04. The van der Waals surface area contributed by atoms with Crippen molar-refractivity contribution in [3.63, 3.8) is 0 Å². The number of benzene rings is 2. The summed E-state index contributed by atoms with van der Waals surface area (Å²) in [6, 6.07) is 11.3. The molecule has 1 aliphatic heterocycles. The summed E-state index contributed by atoms with van der Waals surface area (Å²) < 4.78 is 17.5. The Bertz CT molecular complexity index is 1510. The van der Waals surface area contributed by atoms with Crippen molar-refractivity contribution in [2.24, 2.45) is 5.73 Å². The van der Waals surface area contributed by atoms with Gasteiger partial charge in [-0.25, -0.2) is 14.8 Å². The van der Waals surface area contributed by atoms with Gasteiger partial charge in [0.2, 0.25) is 0 Å². The van der Waals surface area contributed by atoms with Crippen LogP contribution < -0.4 is 26.2 Å². The number of anilines is 1. The zero-order valence-electron chi connectivity index (χ0n) is 19.6. The van der Waals surface area contributed by atoms with Crippen molar-refractivity contribution in [1.82, 2.24) is 24.7 Å². The van der Waals surface area contributed by atoms with Crippen LogP contribution in [-0.4, -0.2) is 43.3 Å². The number of carbonyl (C=O) groups is 1. The number of nitrogens with two attached hydrogens (primary N) is 1. The van der Waals surface area contributed by atoms with E-state index in [1.54, 1.807) is 36.4 Å². The fraction of sp³-hybridized carbons (Fsp3) is 0.167. The molecule has 0 bridgehead atoms. The van der Waals surface area contributed by atoms with Crippen LogP contribution in [0.1, 0.15) is 35.5 Å². The first-order valence-corrected chi connectivity index (χ1v) is 11.1. The van der Waals surface area contributed by atoms with Gasteiger partial charge in [-0.1, -0.05) is 0 Å². The van der Waals surface area contributed by atoms with E-state index in [0.717, 1.165) is 4.68 Å². The fourth-order valence-electron chi connectivity index (χ4n) is 3.83. The molecular formula is C24H22N8O5. The lowest BCUT2D eigenvalue weighted by molar-refractivity contribution is -0.132. The number of aromatic nitrogens is 5. The van der Waals surface area contributed by atoms with Gasteiger partial charge in [0, 0.05) is 36.1 Å². The molecular weight excluding hydrogens is 480 g/mol. The Labute approximate surface area is 209 Å². The van der Waals surface area contributed by atoms with Crippen molar-refractivity contribution >= 4 is 17.5 Å². The fourth-order valence-corrected chi connectivity index (χ4v) is 3.83. The number of nitrogen functional groups attached to an aromatic ring is 1. The second-order valence-corrected chi connectivity index (χ2v) is 8.06. The number of amidine groups is 1. The number of H-pyrrole nitrogens is 1. The average Bonchev–Trinajstić information content (AvgIpc) is 3.28. The van der Waals surface area contributed by atoms with Crippen LogP contribution in [0.4, 0.5) is 5.69 Å². The zero-order chi connectivity index (χ0) is 25.9. The number of carbonyl (C=O) groups excluding carboxylic acids is 1. The number of hydrogen-bond acceptors (Lipinski definition) is 10. The number of ether oxygens (including phenoxy) is 3. The summed E-state index contributed by atoms with van der Waals surface area (Å²) in [4.78, 5) is 35.5. The molecule has 0 aliphatic carbocycles. The van der Waals surface area contributed by atoms with E-state index in [2.05, 4.69) is 25.4 Å². The van der Waals surface area contributed by atoms with Crippen LogP contribution in [0.2, 0.25) is 0 Å². The van der Waals surface area contributed by atoms with Crippen LogP contribution in [0.5, 0.6) is 11.5 Å². The Kier molecular flexibility index (Phi) is 6.34. The molecule has 0 saturated carbocycles. The van der Waals surface area contributed by atoms with Crippen molar-refractivity contribution in [2.45, 2.75) is 19.6 Å². The highest BCUT2D eigenvalue weighted by Gasteiger charge is 2.26. The molecule has 2 aromatic heterocycles. The van der Waals surface area contributed by atoms with Gasteiger partial charge >= 0.3 is 11.7 Å². The summed E-state index contributed by atoms with van der Waals surface area (Å²) in [5.41, 5.74) is 7.51. The molecule has 0 unspecified atom stereocenters. The first-order chi connectivity index (χ1) is 17.9. The van der Waals surface area contributed by atoms with Crippen LogP contribution in [0.25, 0.3) is 5.95 Å². The van der Waals surface area contributed by atoms with Crippen molar-refractivity contribution in [3.8, 4) is 17.4 Å². The van der Waals surface area contributed by atoms with Gasteiger partial charge in [0.15, 0.2) is 24.1 Å². The highest BCUT2D eigenvalue weighted by Crippen LogP contribution is 2.39. The molecule has 4 aromatic rings. The van der Waals surface area contributed by atoms with Gasteiger partial charge in [0.25, 0.3) is 5.95 Å². The van der Waals surface area contributed by atoms with E-state index >= 15 is 0 Å². The Morgan fingerprint density at radius 2 is 2.00 bits per heavy atom. The van der Waals surface area contributed by atoms with Gasteiger partial charge in [0.05, 0.1) is 6.61 Å². The smallest absolute Gasteiger partial charge is 0.350 e. The average molecular weight is 502 g/mol. The summed E-state index contributed by atoms with van der Waals surface area (Å²) in [5.74, 6) is 0.404. The van der Waals surface area contributed by atoms with Gasteiger partial charge in [-0.15, -0.1) is 9.78 Å². The standard InChI is InChI=1S/C24H22N8O5/c1-13(33)37-18-10-15(9-16-11-35-12-36-20(16)18)19(29-17-5-3-14(4-6-17)21(25)26)22-30-24(34)32(31-22)23-27-7-2-8-28-23/h2-10,19,29H,11-12H2,1H3,(H3,25,26)(H,30,31,34)/t19-/m0/s1. The SMILES string of the molecule is CC(=O)Oc1cc([C@H](Nc2ccc(C(=N)N)cc2)c2nn(-c3ncccn3)c(=O)[nH]2)cc2c1OCOC2. The van der Waals surface area contributed by atoms with Crippen molar-refractivity contribution < 1.29 is 19.0 Å². The van der Waals surface area contributed by atoms with Crippen molar-refractivity contribution in [1.29, 1.82) is 5.41 Å². The van der Waals surface area contributed by atoms with E-state index in [9.17, 15) is 9.59 Å². The molecule has 13 heteroatoms. The summed E-state index contributed by atoms with van der Waals surface area (Å²) in [6.45, 7) is 1.56. The van der Waals surface area contributed by atoms with E-state index in [1.165, 1.54) is 19.3 Å². The predicted octanol–water partition coefficient (Wildman–Crippen LogP) is 1.63. The molecule has 0 radical (unpaired) electrons. The van der Waals surface area contributed by atoms with Gasteiger partial charge < -0.3 is 25.3 Å². The minimum absolute atomic E-state index is 0.0274. The highest BCUT2D eigenvalue weighted by atomic mass is 16.7. The second-order valence-electron chi connectivity index (χ2n) is 8.06. The first-order valence-electron chi connectivity index (χ1n) is 11.1. The topological polar surface area (TPSA) is 183 Å². The Morgan fingerprint density at radius 1 is 1.24 bits per heavy atom. The summed E-state index contributed by atoms with van der Waals surface area (Å²) in [7, 11) is 0. The maximum absolute atomic E-state index is 12.8. The number of rotatable bonds is 7. The molecule has 5 rings (SSSR count). The molecule has 5 N–H and O–H groups in total. The molecule has 0 saturated heterocycles. The third kappa shape index (κ3) is 5.01. The van der Waals surface area contributed by atoms with Crippen LogP contribution in [-0.2, 0) is 16.1 Å². The van der Waals surface area contributed by atoms with E-state index < -0.39 is 17.7 Å². The quantitative estimate of drug-likeness (QED) is 0.125. The zero-order valence-corrected chi connectivity index (χ0v) is 19.6. The second kappa shape index (κ2) is 9.91.